The number of fused-ring (bicyclic) bond motifs is 1. The molecule has 0 saturated carbocycles. The third-order valence-corrected chi connectivity index (χ3v) is 5.77. The van der Waals surface area contributed by atoms with Crippen molar-refractivity contribution in [3.8, 4) is 0 Å². The highest BCUT2D eigenvalue weighted by Gasteiger charge is 2.28. The molecule has 1 aliphatic rings. The van der Waals surface area contributed by atoms with E-state index in [-0.39, 0.29) is 18.5 Å². The molecule has 0 atom stereocenters. The van der Waals surface area contributed by atoms with Gasteiger partial charge in [0.05, 0.1) is 11.4 Å². The fraction of sp³-hybridized carbons (Fsp3) is 0.429. The van der Waals surface area contributed by atoms with Gasteiger partial charge >= 0.3 is 0 Å². The third-order valence-electron chi connectivity index (χ3n) is 3.69. The van der Waals surface area contributed by atoms with Gasteiger partial charge in [-0.15, -0.1) is 22.7 Å². The molecule has 0 bridgehead atoms. The summed E-state index contributed by atoms with van der Waals surface area (Å²) < 4.78 is 2.24. The van der Waals surface area contributed by atoms with Crippen molar-refractivity contribution in [2.24, 2.45) is 5.73 Å². The van der Waals surface area contributed by atoms with Crippen LogP contribution < -0.4 is 11.1 Å². The highest BCUT2D eigenvalue weighted by molar-refractivity contribution is 7.27. The molecule has 2 aromatic heterocycles. The number of rotatable bonds is 4. The van der Waals surface area contributed by atoms with Crippen LogP contribution in [0.15, 0.2) is 17.5 Å². The predicted octanol–water partition coefficient (Wildman–Crippen LogP) is 1.64. The van der Waals surface area contributed by atoms with Crippen molar-refractivity contribution >= 4 is 43.9 Å². The average molecular weight is 323 g/mol. The van der Waals surface area contributed by atoms with Gasteiger partial charge in [0.1, 0.15) is 0 Å². The van der Waals surface area contributed by atoms with E-state index in [0.29, 0.717) is 4.88 Å². The van der Waals surface area contributed by atoms with Gasteiger partial charge in [-0.2, -0.15) is 0 Å². The standard InChI is InChI=1S/C14H17N3O2S2/c15-13(18)8-17(9-1-4-16-5-2-9)14(19)12-7-11-10(21-12)3-6-20-11/h3,6-7,9,16H,1-2,4-5,8H2,(H2,15,18). The molecule has 7 heteroatoms. The molecule has 0 spiro atoms. The van der Waals surface area contributed by atoms with Crippen molar-refractivity contribution in [1.82, 2.24) is 10.2 Å². The number of primary amides is 1. The first-order chi connectivity index (χ1) is 10.1. The molecule has 1 fully saturated rings. The van der Waals surface area contributed by atoms with Crippen LogP contribution in [0.3, 0.4) is 0 Å². The Kier molecular flexibility index (Phi) is 4.23. The molecule has 3 N–H and O–H groups in total. The van der Waals surface area contributed by atoms with Crippen LogP contribution in [0.25, 0.3) is 9.40 Å². The Morgan fingerprint density at radius 2 is 2.10 bits per heavy atom. The van der Waals surface area contributed by atoms with Crippen molar-refractivity contribution in [2.75, 3.05) is 19.6 Å². The molecule has 21 heavy (non-hydrogen) atoms. The van der Waals surface area contributed by atoms with Crippen LogP contribution in [-0.4, -0.2) is 42.4 Å². The van der Waals surface area contributed by atoms with Crippen LogP contribution in [-0.2, 0) is 4.79 Å². The lowest BCUT2D eigenvalue weighted by Crippen LogP contribution is -2.49. The minimum absolute atomic E-state index is 0.00491. The van der Waals surface area contributed by atoms with Gasteiger partial charge in [-0.25, -0.2) is 0 Å². The second kappa shape index (κ2) is 6.13. The van der Waals surface area contributed by atoms with Gasteiger partial charge in [-0.05, 0) is 43.4 Å². The first kappa shape index (κ1) is 14.5. The van der Waals surface area contributed by atoms with Crippen LogP contribution in [0.1, 0.15) is 22.5 Å². The van der Waals surface area contributed by atoms with Gasteiger partial charge in [-0.1, -0.05) is 0 Å². The number of carbonyl (C=O) groups excluding carboxylic acids is 2. The maximum Gasteiger partial charge on any atom is 0.264 e. The SMILES string of the molecule is NC(=O)CN(C(=O)c1cc2sccc2s1)C1CCNCC1. The summed E-state index contributed by atoms with van der Waals surface area (Å²) in [5, 5.41) is 5.29. The van der Waals surface area contributed by atoms with Crippen LogP contribution in [0.5, 0.6) is 0 Å². The van der Waals surface area contributed by atoms with E-state index in [1.54, 1.807) is 16.2 Å². The molecular weight excluding hydrogens is 306 g/mol. The van der Waals surface area contributed by atoms with E-state index in [1.165, 1.54) is 11.3 Å². The van der Waals surface area contributed by atoms with Gasteiger partial charge in [0.15, 0.2) is 0 Å². The monoisotopic (exact) mass is 323 g/mol. The number of piperidine rings is 1. The molecule has 0 radical (unpaired) electrons. The maximum atomic E-state index is 12.8. The predicted molar refractivity (Wildman–Crippen MR) is 85.8 cm³/mol. The Morgan fingerprint density at radius 3 is 2.76 bits per heavy atom. The normalized spacial score (nSPS) is 16.2. The fourth-order valence-electron chi connectivity index (χ4n) is 2.67. The first-order valence-electron chi connectivity index (χ1n) is 6.92. The Hall–Kier alpha value is -1.44. The van der Waals surface area contributed by atoms with E-state index in [1.807, 2.05) is 17.5 Å². The first-order valence-corrected chi connectivity index (χ1v) is 8.62. The molecular formula is C14H17N3O2S2. The van der Waals surface area contributed by atoms with Crippen LogP contribution in [0, 0.1) is 0 Å². The van der Waals surface area contributed by atoms with E-state index in [4.69, 9.17) is 5.73 Å². The summed E-state index contributed by atoms with van der Waals surface area (Å²) in [6.07, 6.45) is 1.72. The Balaban J connectivity index is 1.85. The van der Waals surface area contributed by atoms with E-state index in [0.717, 1.165) is 35.3 Å². The molecule has 3 heterocycles. The Morgan fingerprint density at radius 1 is 1.33 bits per heavy atom. The minimum atomic E-state index is -0.458. The number of thiophene rings is 2. The highest BCUT2D eigenvalue weighted by Crippen LogP contribution is 2.31. The van der Waals surface area contributed by atoms with Gasteiger partial charge in [0.25, 0.3) is 5.91 Å². The highest BCUT2D eigenvalue weighted by atomic mass is 32.1. The molecule has 1 saturated heterocycles. The largest absolute Gasteiger partial charge is 0.368 e. The van der Waals surface area contributed by atoms with Gasteiger partial charge in [0.2, 0.25) is 5.91 Å². The number of amides is 2. The van der Waals surface area contributed by atoms with Crippen LogP contribution in [0.4, 0.5) is 0 Å². The number of nitrogens with two attached hydrogens (primary N) is 1. The number of hydrogen-bond donors (Lipinski definition) is 2. The number of nitrogens with zero attached hydrogens (tertiary/aromatic N) is 1. The van der Waals surface area contributed by atoms with Gasteiger partial charge < -0.3 is 16.0 Å². The topological polar surface area (TPSA) is 75.4 Å². The lowest BCUT2D eigenvalue weighted by Gasteiger charge is -2.33. The fourth-order valence-corrected chi connectivity index (χ4v) is 4.73. The van der Waals surface area contributed by atoms with Gasteiger partial charge in [-0.3, -0.25) is 9.59 Å². The molecule has 112 valence electrons. The molecule has 1 aliphatic heterocycles. The summed E-state index contributed by atoms with van der Waals surface area (Å²) in [5.41, 5.74) is 5.33. The molecule has 2 amide bonds. The second-order valence-corrected chi connectivity index (χ2v) is 7.17. The summed E-state index contributed by atoms with van der Waals surface area (Å²) in [5.74, 6) is -0.533. The minimum Gasteiger partial charge on any atom is -0.368 e. The number of carbonyl (C=O) groups is 2. The van der Waals surface area contributed by atoms with Crippen LogP contribution >= 0.6 is 22.7 Å². The van der Waals surface area contributed by atoms with Crippen molar-refractivity contribution in [3.05, 3.63) is 22.4 Å². The second-order valence-electron chi connectivity index (χ2n) is 5.14. The molecule has 0 unspecified atom stereocenters. The van der Waals surface area contributed by atoms with Crippen molar-refractivity contribution in [1.29, 1.82) is 0 Å². The lowest BCUT2D eigenvalue weighted by atomic mass is 10.0. The summed E-state index contributed by atoms with van der Waals surface area (Å²) >= 11 is 3.11. The molecule has 3 rings (SSSR count). The summed E-state index contributed by atoms with van der Waals surface area (Å²) in [7, 11) is 0. The van der Waals surface area contributed by atoms with Crippen LogP contribution in [0.2, 0.25) is 0 Å². The Bertz CT molecular complexity index is 630. The quantitative estimate of drug-likeness (QED) is 0.898. The zero-order valence-corrected chi connectivity index (χ0v) is 13.1. The maximum absolute atomic E-state index is 12.8. The third kappa shape index (κ3) is 3.09. The van der Waals surface area contributed by atoms with Crippen molar-refractivity contribution in [2.45, 2.75) is 18.9 Å². The van der Waals surface area contributed by atoms with Crippen molar-refractivity contribution in [3.63, 3.8) is 0 Å². The summed E-state index contributed by atoms with van der Waals surface area (Å²) in [4.78, 5) is 26.4. The van der Waals surface area contributed by atoms with E-state index >= 15 is 0 Å². The number of hydrogen-bond acceptors (Lipinski definition) is 5. The summed E-state index contributed by atoms with van der Waals surface area (Å²) in [6, 6.07) is 4.03. The zero-order valence-electron chi connectivity index (χ0n) is 11.5. The lowest BCUT2D eigenvalue weighted by molar-refractivity contribution is -0.119. The van der Waals surface area contributed by atoms with E-state index < -0.39 is 5.91 Å². The summed E-state index contributed by atoms with van der Waals surface area (Å²) in [6.45, 7) is 1.73. The smallest absolute Gasteiger partial charge is 0.264 e. The van der Waals surface area contributed by atoms with E-state index in [9.17, 15) is 9.59 Å². The average Bonchev–Trinajstić information content (AvgIpc) is 3.06. The van der Waals surface area contributed by atoms with E-state index in [2.05, 4.69) is 5.32 Å². The van der Waals surface area contributed by atoms with Gasteiger partial charge in [0, 0.05) is 15.4 Å². The molecule has 0 aliphatic carbocycles. The van der Waals surface area contributed by atoms with Crippen molar-refractivity contribution < 1.29 is 9.59 Å². The Labute approximate surface area is 130 Å². The zero-order chi connectivity index (χ0) is 14.8. The molecule has 0 aromatic carbocycles. The molecule has 2 aromatic rings. The number of nitrogens with one attached hydrogen (secondary N) is 1. The molecule has 5 nitrogen and oxygen atoms in total.